The highest BCUT2D eigenvalue weighted by Gasteiger charge is 2.02. The van der Waals surface area contributed by atoms with Gasteiger partial charge in [-0.25, -0.2) is 4.98 Å². The van der Waals surface area contributed by atoms with E-state index in [1.807, 2.05) is 6.07 Å². The Balaban J connectivity index is 2.67. The summed E-state index contributed by atoms with van der Waals surface area (Å²) in [6.07, 6.45) is 0.917. The minimum absolute atomic E-state index is 0.539. The van der Waals surface area contributed by atoms with Crippen molar-refractivity contribution in [1.82, 2.24) is 10.3 Å². The summed E-state index contributed by atoms with van der Waals surface area (Å²) >= 11 is 0. The van der Waals surface area contributed by atoms with Crippen molar-refractivity contribution >= 4 is 0 Å². The second-order valence-corrected chi connectivity index (χ2v) is 3.78. The van der Waals surface area contributed by atoms with Crippen LogP contribution in [0.2, 0.25) is 0 Å². The number of aryl methyl sites for hydroxylation is 1. The van der Waals surface area contributed by atoms with Crippen LogP contribution in [0.15, 0.2) is 12.1 Å². The van der Waals surface area contributed by atoms with Crippen LogP contribution in [0.3, 0.4) is 0 Å². The van der Waals surface area contributed by atoms with E-state index in [2.05, 4.69) is 30.2 Å². The van der Waals surface area contributed by atoms with Crippen molar-refractivity contribution in [2.45, 2.75) is 26.8 Å². The molecule has 1 N–H and O–H groups in total. The van der Waals surface area contributed by atoms with Crippen molar-refractivity contribution in [3.8, 4) is 5.88 Å². The lowest BCUT2D eigenvalue weighted by Crippen LogP contribution is -2.13. The summed E-state index contributed by atoms with van der Waals surface area (Å²) in [6, 6.07) is 4.10. The number of methoxy groups -OCH3 is 1. The van der Waals surface area contributed by atoms with Gasteiger partial charge in [0.15, 0.2) is 0 Å². The van der Waals surface area contributed by atoms with Gasteiger partial charge in [0.25, 0.3) is 0 Å². The van der Waals surface area contributed by atoms with Gasteiger partial charge < -0.3 is 14.8 Å². The lowest BCUT2D eigenvalue weighted by molar-refractivity contribution is 0.143. The van der Waals surface area contributed by atoms with E-state index >= 15 is 0 Å². The first-order valence-corrected chi connectivity index (χ1v) is 6.12. The van der Waals surface area contributed by atoms with Crippen LogP contribution in [-0.2, 0) is 17.7 Å². The average Bonchev–Trinajstić information content (AvgIpc) is 2.36. The third-order valence-corrected chi connectivity index (χ3v) is 2.39. The number of ether oxygens (including phenoxy) is 2. The summed E-state index contributed by atoms with van der Waals surface area (Å²) in [6.45, 7) is 7.13. The van der Waals surface area contributed by atoms with Gasteiger partial charge in [0.2, 0.25) is 5.88 Å². The van der Waals surface area contributed by atoms with Crippen LogP contribution in [0.4, 0.5) is 0 Å². The fourth-order valence-corrected chi connectivity index (χ4v) is 1.48. The third-order valence-electron chi connectivity index (χ3n) is 2.39. The molecule has 0 unspecified atom stereocenters. The van der Waals surface area contributed by atoms with E-state index in [-0.39, 0.29) is 0 Å². The van der Waals surface area contributed by atoms with Crippen LogP contribution < -0.4 is 10.1 Å². The van der Waals surface area contributed by atoms with Crippen molar-refractivity contribution in [3.05, 3.63) is 23.4 Å². The lowest BCUT2D eigenvalue weighted by atomic mass is 10.2. The maximum Gasteiger partial charge on any atom is 0.213 e. The molecular weight excluding hydrogens is 216 g/mol. The van der Waals surface area contributed by atoms with Crippen molar-refractivity contribution in [2.24, 2.45) is 0 Å². The first kappa shape index (κ1) is 13.9. The zero-order chi connectivity index (χ0) is 12.5. The Morgan fingerprint density at radius 1 is 1.24 bits per heavy atom. The molecule has 0 aliphatic carbocycles. The molecule has 0 aliphatic rings. The average molecular weight is 238 g/mol. The summed E-state index contributed by atoms with van der Waals surface area (Å²) in [7, 11) is 1.66. The Bertz CT molecular complexity index is 329. The minimum Gasteiger partial charge on any atom is -0.475 e. The highest BCUT2D eigenvalue weighted by molar-refractivity contribution is 5.25. The zero-order valence-corrected chi connectivity index (χ0v) is 11.0. The largest absolute Gasteiger partial charge is 0.475 e. The highest BCUT2D eigenvalue weighted by Crippen LogP contribution is 2.13. The summed E-state index contributed by atoms with van der Waals surface area (Å²) in [5, 5.41) is 3.30. The summed E-state index contributed by atoms with van der Waals surface area (Å²) in [5.41, 5.74) is 2.28. The van der Waals surface area contributed by atoms with Gasteiger partial charge in [-0.15, -0.1) is 0 Å². The Labute approximate surface area is 103 Å². The number of rotatable bonds is 8. The Morgan fingerprint density at radius 2 is 2.06 bits per heavy atom. The normalized spacial score (nSPS) is 10.5. The second-order valence-electron chi connectivity index (χ2n) is 3.78. The fourth-order valence-electron chi connectivity index (χ4n) is 1.48. The van der Waals surface area contributed by atoms with Crippen molar-refractivity contribution in [1.29, 1.82) is 0 Å². The smallest absolute Gasteiger partial charge is 0.213 e. The van der Waals surface area contributed by atoms with Gasteiger partial charge in [-0.1, -0.05) is 13.8 Å². The Hall–Kier alpha value is -1.13. The van der Waals surface area contributed by atoms with Gasteiger partial charge in [0.1, 0.15) is 6.61 Å². The Morgan fingerprint density at radius 3 is 2.71 bits per heavy atom. The van der Waals surface area contributed by atoms with Crippen LogP contribution in [0.25, 0.3) is 0 Å². The predicted octanol–water partition coefficient (Wildman–Crippen LogP) is 1.78. The van der Waals surface area contributed by atoms with Gasteiger partial charge >= 0.3 is 0 Å². The Kier molecular flexibility index (Phi) is 6.58. The molecule has 17 heavy (non-hydrogen) atoms. The lowest BCUT2D eigenvalue weighted by Gasteiger charge is -2.09. The fraction of sp³-hybridized carbons (Fsp3) is 0.615. The minimum atomic E-state index is 0.539. The van der Waals surface area contributed by atoms with Crippen LogP contribution >= 0.6 is 0 Å². The molecule has 0 bridgehead atoms. The van der Waals surface area contributed by atoms with Gasteiger partial charge in [-0.05, 0) is 24.6 Å². The number of nitrogens with one attached hydrogen (secondary N) is 1. The number of hydrogen-bond acceptors (Lipinski definition) is 4. The number of nitrogens with zero attached hydrogens (tertiary/aromatic N) is 1. The second kappa shape index (κ2) is 8.03. The molecule has 0 spiro atoms. The zero-order valence-electron chi connectivity index (χ0n) is 11.0. The van der Waals surface area contributed by atoms with Crippen molar-refractivity contribution in [3.63, 3.8) is 0 Å². The van der Waals surface area contributed by atoms with E-state index in [0.717, 1.165) is 25.2 Å². The summed E-state index contributed by atoms with van der Waals surface area (Å²) in [5.74, 6) is 0.689. The molecule has 1 rings (SSSR count). The number of pyridine rings is 1. The number of hydrogen-bond donors (Lipinski definition) is 1. The molecular formula is C13H22N2O2. The molecule has 1 aromatic heterocycles. The van der Waals surface area contributed by atoms with E-state index in [9.17, 15) is 0 Å². The first-order valence-electron chi connectivity index (χ1n) is 6.12. The molecule has 1 aromatic rings. The van der Waals surface area contributed by atoms with Crippen LogP contribution in [0.1, 0.15) is 25.1 Å². The molecule has 96 valence electrons. The van der Waals surface area contributed by atoms with E-state index < -0.39 is 0 Å². The molecule has 0 radical (unpaired) electrons. The van der Waals surface area contributed by atoms with E-state index in [1.165, 1.54) is 5.56 Å². The third kappa shape index (κ3) is 5.15. The molecule has 1 heterocycles. The molecule has 0 saturated heterocycles. The molecule has 0 aliphatic heterocycles. The van der Waals surface area contributed by atoms with E-state index in [0.29, 0.717) is 19.1 Å². The molecule has 4 heteroatoms. The number of aromatic nitrogens is 1. The summed E-state index contributed by atoms with van der Waals surface area (Å²) < 4.78 is 10.5. The SMILES string of the molecule is CCNCc1cc(CC)nc(OCCOC)c1. The van der Waals surface area contributed by atoms with Crippen LogP contribution in [0, 0.1) is 0 Å². The van der Waals surface area contributed by atoms with Crippen molar-refractivity contribution < 1.29 is 9.47 Å². The predicted molar refractivity (Wildman–Crippen MR) is 68.4 cm³/mol. The molecule has 0 fully saturated rings. The van der Waals surface area contributed by atoms with Gasteiger partial charge in [-0.2, -0.15) is 0 Å². The van der Waals surface area contributed by atoms with E-state index in [1.54, 1.807) is 7.11 Å². The molecule has 0 saturated carbocycles. The quantitative estimate of drug-likeness (QED) is 0.701. The highest BCUT2D eigenvalue weighted by atomic mass is 16.5. The van der Waals surface area contributed by atoms with Gasteiger partial charge in [0, 0.05) is 25.4 Å². The molecule has 0 atom stereocenters. The monoisotopic (exact) mass is 238 g/mol. The summed E-state index contributed by atoms with van der Waals surface area (Å²) in [4.78, 5) is 4.43. The maximum absolute atomic E-state index is 5.55. The standard InChI is InChI=1S/C13H22N2O2/c1-4-12-8-11(10-14-5-2)9-13(15-12)17-7-6-16-3/h8-9,14H,4-7,10H2,1-3H3. The van der Waals surface area contributed by atoms with E-state index in [4.69, 9.17) is 9.47 Å². The topological polar surface area (TPSA) is 43.4 Å². The van der Waals surface area contributed by atoms with Gasteiger partial charge in [-0.3, -0.25) is 0 Å². The van der Waals surface area contributed by atoms with Crippen LogP contribution in [-0.4, -0.2) is 31.9 Å². The molecule has 0 amide bonds. The molecule has 0 aromatic carbocycles. The maximum atomic E-state index is 5.55. The first-order chi connectivity index (χ1) is 8.30. The van der Waals surface area contributed by atoms with Crippen LogP contribution in [0.5, 0.6) is 5.88 Å². The van der Waals surface area contributed by atoms with Crippen molar-refractivity contribution in [2.75, 3.05) is 26.9 Å². The molecule has 4 nitrogen and oxygen atoms in total. The van der Waals surface area contributed by atoms with Gasteiger partial charge in [0.05, 0.1) is 6.61 Å².